The lowest BCUT2D eigenvalue weighted by Gasteiger charge is -2.59. The Morgan fingerprint density at radius 2 is 2.12 bits per heavy atom. The third-order valence-electron chi connectivity index (χ3n) is 11.0. The summed E-state index contributed by atoms with van der Waals surface area (Å²) >= 11 is 1.42. The Labute approximate surface area is 239 Å². The van der Waals surface area contributed by atoms with Crippen molar-refractivity contribution < 1.29 is 24.2 Å². The summed E-state index contributed by atoms with van der Waals surface area (Å²) in [5, 5.41) is 12.7. The summed E-state index contributed by atoms with van der Waals surface area (Å²) in [5.41, 5.74) is 0.864. The molecule has 1 aromatic rings. The maximum atomic E-state index is 14.5. The average molecular weight is 564 g/mol. The van der Waals surface area contributed by atoms with Crippen LogP contribution in [0.5, 0.6) is 0 Å². The second-order valence-electron chi connectivity index (χ2n) is 12.9. The molecule has 40 heavy (non-hydrogen) atoms. The molecule has 0 amide bonds. The topological polar surface area (TPSA) is 111 Å². The highest BCUT2D eigenvalue weighted by Crippen LogP contribution is 2.69. The summed E-state index contributed by atoms with van der Waals surface area (Å²) in [6.45, 7) is 6.98. The molecule has 4 aliphatic carbocycles. The highest BCUT2D eigenvalue weighted by atomic mass is 32.2. The van der Waals surface area contributed by atoms with Crippen molar-refractivity contribution in [3.05, 3.63) is 41.4 Å². The summed E-state index contributed by atoms with van der Waals surface area (Å²) in [5.74, 6) is 0.618. The third-order valence-corrected chi connectivity index (χ3v) is 12.0. The zero-order valence-corrected chi connectivity index (χ0v) is 24.2. The molecule has 1 saturated heterocycles. The van der Waals surface area contributed by atoms with Crippen LogP contribution in [0.25, 0.3) is 0 Å². The molecular weight excluding hydrogens is 526 g/mol. The van der Waals surface area contributed by atoms with Crippen LogP contribution in [0.3, 0.4) is 0 Å². The van der Waals surface area contributed by atoms with Crippen molar-refractivity contribution in [1.82, 2.24) is 9.97 Å². The number of carbonyl (C=O) groups is 2. The molecule has 3 saturated carbocycles. The Kier molecular flexibility index (Phi) is 6.28. The van der Waals surface area contributed by atoms with Crippen molar-refractivity contribution in [2.45, 2.75) is 95.0 Å². The largest absolute Gasteiger partial charge is 0.393 e. The number of aliphatic hydroxyl groups is 1. The molecule has 9 atom stereocenters. The first-order valence-electron chi connectivity index (χ1n) is 14.7. The van der Waals surface area contributed by atoms with Gasteiger partial charge in [0.2, 0.25) is 0 Å². The molecule has 4 fully saturated rings. The van der Waals surface area contributed by atoms with E-state index < -0.39 is 23.4 Å². The van der Waals surface area contributed by atoms with E-state index in [-0.39, 0.29) is 46.6 Å². The number of hydrogen-bond donors (Lipinski definition) is 1. The van der Waals surface area contributed by atoms with Gasteiger partial charge in [-0.3, -0.25) is 14.6 Å². The first kappa shape index (κ1) is 26.7. The van der Waals surface area contributed by atoms with Crippen LogP contribution >= 0.6 is 11.8 Å². The van der Waals surface area contributed by atoms with Gasteiger partial charge in [0.1, 0.15) is 11.4 Å². The van der Waals surface area contributed by atoms with Gasteiger partial charge in [-0.2, -0.15) is 0 Å². The van der Waals surface area contributed by atoms with Gasteiger partial charge in [-0.05, 0) is 56.1 Å². The van der Waals surface area contributed by atoms with Crippen molar-refractivity contribution in [1.29, 1.82) is 0 Å². The molecule has 7 rings (SSSR count). The van der Waals surface area contributed by atoms with Crippen molar-refractivity contribution in [3.63, 3.8) is 0 Å². The van der Waals surface area contributed by atoms with Gasteiger partial charge in [-0.15, -0.1) is 0 Å². The molecule has 2 aliphatic heterocycles. The number of allylic oxidation sites excluding steroid dienone is 4. The molecule has 8 nitrogen and oxygen atoms in total. The number of Topliss-reactive ketones (excluding diaryl/α,β-unsaturated/α-hetero) is 1. The van der Waals surface area contributed by atoms with Crippen molar-refractivity contribution in [2.75, 3.05) is 5.75 Å². The molecule has 0 spiro atoms. The van der Waals surface area contributed by atoms with Gasteiger partial charge in [-0.25, -0.2) is 9.97 Å². The van der Waals surface area contributed by atoms with E-state index in [0.717, 1.165) is 54.0 Å². The van der Waals surface area contributed by atoms with Crippen LogP contribution in [0.4, 0.5) is 0 Å². The van der Waals surface area contributed by atoms with E-state index in [4.69, 9.17) is 9.47 Å². The van der Waals surface area contributed by atoms with Crippen LogP contribution in [0, 0.1) is 28.6 Å². The predicted octanol–water partition coefficient (Wildman–Crippen LogP) is 4.24. The van der Waals surface area contributed by atoms with Crippen LogP contribution in [-0.2, 0) is 25.6 Å². The third kappa shape index (κ3) is 3.60. The van der Waals surface area contributed by atoms with E-state index in [1.165, 1.54) is 18.1 Å². The number of aliphatic imine (C=N–C) groups is 1. The van der Waals surface area contributed by atoms with Gasteiger partial charge in [0.25, 0.3) is 0 Å². The van der Waals surface area contributed by atoms with Gasteiger partial charge >= 0.3 is 0 Å². The molecule has 1 aromatic heterocycles. The summed E-state index contributed by atoms with van der Waals surface area (Å²) < 4.78 is 13.3. The zero-order valence-electron chi connectivity index (χ0n) is 23.3. The number of aliphatic hydroxyl groups excluding tert-OH is 1. The predicted molar refractivity (Wildman–Crippen MR) is 150 cm³/mol. The Bertz CT molecular complexity index is 1360. The number of thioether (sulfide) groups is 1. The number of nitrogens with zero attached hydrogens (tertiary/aromatic N) is 3. The smallest absolute Gasteiger partial charge is 0.178 e. The highest BCUT2D eigenvalue weighted by Gasteiger charge is 2.75. The first-order valence-corrected chi connectivity index (χ1v) is 15.6. The Morgan fingerprint density at radius 3 is 2.95 bits per heavy atom. The average Bonchev–Trinajstić information content (AvgIpc) is 3.60. The van der Waals surface area contributed by atoms with Gasteiger partial charge in [0.15, 0.2) is 23.5 Å². The Morgan fingerprint density at radius 1 is 1.27 bits per heavy atom. The summed E-state index contributed by atoms with van der Waals surface area (Å²) in [6.07, 6.45) is 12.0. The second-order valence-corrected chi connectivity index (χ2v) is 13.8. The molecule has 1 N–H and O–H groups in total. The van der Waals surface area contributed by atoms with Crippen LogP contribution < -0.4 is 0 Å². The minimum atomic E-state index is -1.11. The molecule has 3 heterocycles. The highest BCUT2D eigenvalue weighted by molar-refractivity contribution is 8.00. The van der Waals surface area contributed by atoms with Gasteiger partial charge in [0, 0.05) is 28.5 Å². The van der Waals surface area contributed by atoms with Crippen molar-refractivity contribution in [3.8, 4) is 0 Å². The first-order chi connectivity index (χ1) is 19.2. The summed E-state index contributed by atoms with van der Waals surface area (Å²) in [6, 6.07) is 0. The van der Waals surface area contributed by atoms with Crippen molar-refractivity contribution in [2.24, 2.45) is 33.6 Å². The zero-order chi connectivity index (χ0) is 27.9. The van der Waals surface area contributed by atoms with Crippen LogP contribution in [0.1, 0.15) is 70.6 Å². The maximum Gasteiger partial charge on any atom is 0.178 e. The lowest BCUT2D eigenvalue weighted by atomic mass is 9.46. The summed E-state index contributed by atoms with van der Waals surface area (Å²) in [7, 11) is 0. The van der Waals surface area contributed by atoms with Crippen molar-refractivity contribution >= 4 is 29.5 Å². The number of ketones is 2. The fraction of sp³-hybridized carbons (Fsp3) is 0.645. The Hall–Kier alpha value is -2.20. The number of ether oxygens (including phenoxy) is 2. The molecule has 212 valence electrons. The Balaban J connectivity index is 1.23. The minimum Gasteiger partial charge on any atom is -0.393 e. The van der Waals surface area contributed by atoms with E-state index in [9.17, 15) is 14.7 Å². The standard InChI is InChI=1S/C31H37N3O5S/c1-4-5-26-38-25-11-21-19-7-6-17-10-18(35)8-9-29(17,2)27(19)23(36)12-30(21,3)31(25,39-26)24(37)15-40-28-20-13-32-14-22(20)33-16-34-28/h8-10,13,16,19,21,23,25-27,36H,4-7,11-12,14-15H2,1-3H3/t19?,21?,23-,25+,26+,27?,29?,30?,31+/m0/s1. The minimum absolute atomic E-state index is 0.00962. The molecule has 0 radical (unpaired) electrons. The fourth-order valence-corrected chi connectivity index (χ4v) is 10.2. The molecule has 5 unspecified atom stereocenters. The number of hydrogen-bond acceptors (Lipinski definition) is 9. The summed E-state index contributed by atoms with van der Waals surface area (Å²) in [4.78, 5) is 39.8. The number of aromatic nitrogens is 2. The fourth-order valence-electron chi connectivity index (χ4n) is 9.25. The van der Waals surface area contributed by atoms with E-state index in [1.54, 1.807) is 18.4 Å². The lowest BCUT2D eigenvalue weighted by Crippen LogP contribution is -2.63. The maximum absolute atomic E-state index is 14.5. The van der Waals surface area contributed by atoms with Crippen LogP contribution in [0.15, 0.2) is 40.1 Å². The van der Waals surface area contributed by atoms with Crippen LogP contribution in [-0.4, -0.2) is 62.7 Å². The van der Waals surface area contributed by atoms with E-state index in [0.29, 0.717) is 13.0 Å². The van der Waals surface area contributed by atoms with Gasteiger partial charge in [-0.1, -0.05) is 50.6 Å². The van der Waals surface area contributed by atoms with E-state index in [1.807, 2.05) is 6.08 Å². The SMILES string of the molecule is CCC[C@@H]1O[C@@H]2CC3C4CCC5=CC(=O)C=CC5(C)C4[C@@H](O)CC3(C)[C@]2(C(=O)CSc2ncnc3c2C=NC3)O1. The molecule has 9 heteroatoms. The second kappa shape index (κ2) is 9.41. The van der Waals surface area contributed by atoms with Gasteiger partial charge < -0.3 is 14.6 Å². The van der Waals surface area contributed by atoms with E-state index in [2.05, 4.69) is 35.7 Å². The van der Waals surface area contributed by atoms with E-state index >= 15 is 0 Å². The normalized spacial score (nSPS) is 42.6. The number of fused-ring (bicyclic) bond motifs is 8. The van der Waals surface area contributed by atoms with Crippen LogP contribution in [0.2, 0.25) is 0 Å². The monoisotopic (exact) mass is 563 g/mol. The number of carbonyl (C=O) groups excluding carboxylic acids is 2. The molecule has 0 aromatic carbocycles. The number of rotatable bonds is 6. The molecular formula is C31H37N3O5S. The molecule has 0 bridgehead atoms. The molecule has 6 aliphatic rings. The quantitative estimate of drug-likeness (QED) is 0.404. The van der Waals surface area contributed by atoms with Gasteiger partial charge in [0.05, 0.1) is 30.2 Å². The lowest BCUT2D eigenvalue weighted by molar-refractivity contribution is -0.197.